The molecule has 1 saturated heterocycles. The smallest absolute Gasteiger partial charge is 0.119 e. The molecule has 1 fully saturated rings. The minimum atomic E-state index is -0.931. The van der Waals surface area contributed by atoms with E-state index in [-0.39, 0.29) is 5.92 Å². The molecular formula is C24H33NO3. The zero-order valence-corrected chi connectivity index (χ0v) is 17.1. The summed E-state index contributed by atoms with van der Waals surface area (Å²) in [4.78, 5) is 2.41. The average Bonchev–Trinajstić information content (AvgIpc) is 2.74. The van der Waals surface area contributed by atoms with Gasteiger partial charge in [-0.1, -0.05) is 55.8 Å². The van der Waals surface area contributed by atoms with E-state index in [1.54, 1.807) is 0 Å². The normalized spacial score (nSPS) is 18.4. The lowest BCUT2D eigenvalue weighted by atomic mass is 9.74. The van der Waals surface area contributed by atoms with Crippen molar-refractivity contribution in [3.8, 4) is 5.75 Å². The summed E-state index contributed by atoms with van der Waals surface area (Å²) in [5, 5.41) is 12.0. The molecular weight excluding hydrogens is 350 g/mol. The van der Waals surface area contributed by atoms with Gasteiger partial charge in [-0.2, -0.15) is 0 Å². The highest BCUT2D eigenvalue weighted by atomic mass is 16.5. The van der Waals surface area contributed by atoms with Crippen LogP contribution in [0.3, 0.4) is 0 Å². The molecule has 0 bridgehead atoms. The van der Waals surface area contributed by atoms with E-state index in [1.807, 2.05) is 37.3 Å². The lowest BCUT2D eigenvalue weighted by Crippen LogP contribution is -2.45. The first-order valence-electron chi connectivity index (χ1n) is 10.5. The third kappa shape index (κ3) is 4.93. The van der Waals surface area contributed by atoms with Gasteiger partial charge in [-0.3, -0.25) is 4.90 Å². The molecule has 0 unspecified atom stereocenters. The van der Waals surface area contributed by atoms with Crippen LogP contribution in [0.4, 0.5) is 0 Å². The number of rotatable bonds is 9. The number of hydrogen-bond donors (Lipinski definition) is 1. The molecule has 0 spiro atoms. The van der Waals surface area contributed by atoms with Crippen molar-refractivity contribution in [2.45, 2.75) is 38.2 Å². The average molecular weight is 384 g/mol. The van der Waals surface area contributed by atoms with E-state index in [2.05, 4.69) is 36.1 Å². The highest BCUT2D eigenvalue weighted by molar-refractivity contribution is 5.35. The predicted octanol–water partition coefficient (Wildman–Crippen LogP) is 4.19. The maximum Gasteiger partial charge on any atom is 0.119 e. The van der Waals surface area contributed by atoms with Crippen molar-refractivity contribution in [3.63, 3.8) is 0 Å². The molecule has 1 aliphatic rings. The topological polar surface area (TPSA) is 41.9 Å². The largest absolute Gasteiger partial charge is 0.494 e. The maximum atomic E-state index is 12.0. The number of aliphatic hydroxyl groups is 1. The lowest BCUT2D eigenvalue weighted by Gasteiger charge is -2.41. The molecule has 4 heteroatoms. The van der Waals surface area contributed by atoms with Crippen molar-refractivity contribution in [1.29, 1.82) is 0 Å². The van der Waals surface area contributed by atoms with E-state index in [9.17, 15) is 5.11 Å². The van der Waals surface area contributed by atoms with Crippen LogP contribution in [0, 0.1) is 0 Å². The summed E-state index contributed by atoms with van der Waals surface area (Å²) in [6.45, 7) is 8.92. The summed E-state index contributed by atoms with van der Waals surface area (Å²) < 4.78 is 11.1. The summed E-state index contributed by atoms with van der Waals surface area (Å²) >= 11 is 0. The Morgan fingerprint density at radius 2 is 1.71 bits per heavy atom. The van der Waals surface area contributed by atoms with Crippen molar-refractivity contribution in [2.75, 3.05) is 39.5 Å². The van der Waals surface area contributed by atoms with Crippen LogP contribution in [-0.2, 0) is 10.3 Å². The van der Waals surface area contributed by atoms with E-state index in [4.69, 9.17) is 9.47 Å². The molecule has 2 atom stereocenters. The van der Waals surface area contributed by atoms with Gasteiger partial charge in [-0.15, -0.1) is 0 Å². The van der Waals surface area contributed by atoms with Crippen LogP contribution in [0.1, 0.15) is 43.7 Å². The fourth-order valence-electron chi connectivity index (χ4n) is 4.17. The van der Waals surface area contributed by atoms with E-state index in [1.165, 1.54) is 5.56 Å². The molecule has 3 rings (SSSR count). The fourth-order valence-corrected chi connectivity index (χ4v) is 4.17. The quantitative estimate of drug-likeness (QED) is 0.705. The van der Waals surface area contributed by atoms with Gasteiger partial charge < -0.3 is 14.6 Å². The highest BCUT2D eigenvalue weighted by Crippen LogP contribution is 2.42. The van der Waals surface area contributed by atoms with Crippen LogP contribution < -0.4 is 4.74 Å². The van der Waals surface area contributed by atoms with Crippen LogP contribution in [0.15, 0.2) is 54.6 Å². The molecule has 0 amide bonds. The summed E-state index contributed by atoms with van der Waals surface area (Å²) in [5.74, 6) is 0.833. The summed E-state index contributed by atoms with van der Waals surface area (Å²) in [5.41, 5.74) is 1.21. The molecule has 2 aromatic carbocycles. The summed E-state index contributed by atoms with van der Waals surface area (Å²) in [6, 6.07) is 18.4. The van der Waals surface area contributed by atoms with Crippen LogP contribution >= 0.6 is 0 Å². The molecule has 2 aromatic rings. The number of morpholine rings is 1. The Kier molecular flexibility index (Phi) is 7.49. The van der Waals surface area contributed by atoms with Crippen LogP contribution in [0.5, 0.6) is 5.75 Å². The minimum absolute atomic E-state index is 0.00954. The zero-order chi connectivity index (χ0) is 19.8. The van der Waals surface area contributed by atoms with Crippen molar-refractivity contribution in [1.82, 2.24) is 4.90 Å². The Bertz CT molecular complexity index is 698. The van der Waals surface area contributed by atoms with Crippen molar-refractivity contribution < 1.29 is 14.6 Å². The first kappa shape index (κ1) is 20.8. The molecule has 0 radical (unpaired) electrons. The van der Waals surface area contributed by atoms with E-state index >= 15 is 0 Å². The monoisotopic (exact) mass is 383 g/mol. The lowest BCUT2D eigenvalue weighted by molar-refractivity contribution is -0.0285. The molecule has 1 heterocycles. The van der Waals surface area contributed by atoms with Gasteiger partial charge in [-0.25, -0.2) is 0 Å². The van der Waals surface area contributed by atoms with Gasteiger partial charge in [0.2, 0.25) is 0 Å². The SMILES string of the molecule is CCC[C@@](O)(c1ccc(OCC)cc1)[C@@H](CN1CCOCC1)c1ccccc1. The number of hydrogen-bond acceptors (Lipinski definition) is 4. The molecule has 0 saturated carbocycles. The molecule has 4 nitrogen and oxygen atoms in total. The third-order valence-corrected chi connectivity index (χ3v) is 5.62. The molecule has 1 N–H and O–H groups in total. The second-order valence-corrected chi connectivity index (χ2v) is 7.51. The van der Waals surface area contributed by atoms with Crippen molar-refractivity contribution >= 4 is 0 Å². The second kappa shape index (κ2) is 10.1. The van der Waals surface area contributed by atoms with Crippen molar-refractivity contribution in [2.24, 2.45) is 0 Å². The number of nitrogens with zero attached hydrogens (tertiary/aromatic N) is 1. The summed E-state index contributed by atoms with van der Waals surface area (Å²) in [7, 11) is 0. The van der Waals surface area contributed by atoms with Gasteiger partial charge in [0.05, 0.1) is 25.4 Å². The molecule has 28 heavy (non-hydrogen) atoms. The Balaban J connectivity index is 1.96. The minimum Gasteiger partial charge on any atom is -0.494 e. The van der Waals surface area contributed by atoms with E-state index < -0.39 is 5.60 Å². The Hall–Kier alpha value is -1.88. The van der Waals surface area contributed by atoms with Crippen molar-refractivity contribution in [3.05, 3.63) is 65.7 Å². The summed E-state index contributed by atoms with van der Waals surface area (Å²) in [6.07, 6.45) is 1.63. The van der Waals surface area contributed by atoms with Crippen LogP contribution in [0.25, 0.3) is 0 Å². The van der Waals surface area contributed by atoms with E-state index in [0.29, 0.717) is 13.0 Å². The van der Waals surface area contributed by atoms with Gasteiger partial charge >= 0.3 is 0 Å². The molecule has 1 aliphatic heterocycles. The van der Waals surface area contributed by atoms with E-state index in [0.717, 1.165) is 50.6 Å². The van der Waals surface area contributed by atoms with Crippen LogP contribution in [0.2, 0.25) is 0 Å². The zero-order valence-electron chi connectivity index (χ0n) is 17.1. The van der Waals surface area contributed by atoms with Gasteiger partial charge in [0.1, 0.15) is 5.75 Å². The maximum absolute atomic E-state index is 12.0. The molecule has 0 aliphatic carbocycles. The van der Waals surface area contributed by atoms with Gasteiger partial charge in [-0.05, 0) is 36.6 Å². The predicted molar refractivity (Wildman–Crippen MR) is 113 cm³/mol. The van der Waals surface area contributed by atoms with Gasteiger partial charge in [0.15, 0.2) is 0 Å². The Morgan fingerprint density at radius 1 is 1.04 bits per heavy atom. The van der Waals surface area contributed by atoms with Gasteiger partial charge in [0.25, 0.3) is 0 Å². The van der Waals surface area contributed by atoms with Gasteiger partial charge in [0, 0.05) is 25.6 Å². The highest BCUT2D eigenvalue weighted by Gasteiger charge is 2.39. The number of benzene rings is 2. The standard InChI is InChI=1S/C24H33NO3/c1-3-14-24(26,21-10-12-22(13-11-21)28-4-2)23(20-8-6-5-7-9-20)19-25-15-17-27-18-16-25/h5-13,23,26H,3-4,14-19H2,1-2H3/t23-,24+/m0/s1. The molecule has 152 valence electrons. The number of ether oxygens (including phenoxy) is 2. The second-order valence-electron chi connectivity index (χ2n) is 7.51. The third-order valence-electron chi connectivity index (χ3n) is 5.62. The Morgan fingerprint density at radius 3 is 2.32 bits per heavy atom. The Labute approximate surface area is 169 Å². The first-order chi connectivity index (χ1) is 13.7. The fraction of sp³-hybridized carbons (Fsp3) is 0.500. The van der Waals surface area contributed by atoms with Crippen LogP contribution in [-0.4, -0.2) is 49.5 Å². The first-order valence-corrected chi connectivity index (χ1v) is 10.5. The molecule has 0 aromatic heterocycles.